The first-order valence-electron chi connectivity index (χ1n) is 6.08. The van der Waals surface area contributed by atoms with Crippen LogP contribution in [0.1, 0.15) is 0 Å². The van der Waals surface area contributed by atoms with E-state index >= 15 is 0 Å². The van der Waals surface area contributed by atoms with Crippen LogP contribution in [0.3, 0.4) is 0 Å². The number of hydrogen-bond acceptors (Lipinski definition) is 10. The van der Waals surface area contributed by atoms with Gasteiger partial charge in [-0.2, -0.15) is 4.98 Å². The standard InChI is InChI=1S/C10H15N3O5.H3O3P/c11-7-1-2-13(10(17)12-7)3-5-8(15)9(16)6(4-14)18-5;1-4(2)3/h1-2,5-6,8-9,14-16H,3-4H2,(H2,11,12,17);1-3H/t5-,6+,8-,9+;/m0./s1. The van der Waals surface area contributed by atoms with E-state index in [9.17, 15) is 15.0 Å². The van der Waals surface area contributed by atoms with Gasteiger partial charge in [-0.25, -0.2) is 4.79 Å². The van der Waals surface area contributed by atoms with E-state index in [1.807, 2.05) is 0 Å². The van der Waals surface area contributed by atoms with Crippen LogP contribution in [0.25, 0.3) is 0 Å². The number of hydrogen-bond donors (Lipinski definition) is 7. The van der Waals surface area contributed by atoms with Crippen LogP contribution in [0.5, 0.6) is 0 Å². The molecule has 1 aromatic rings. The van der Waals surface area contributed by atoms with Gasteiger partial charge < -0.3 is 40.5 Å². The topological polar surface area (TPSA) is 192 Å². The predicted octanol–water partition coefficient (Wildman–Crippen LogP) is -3.50. The van der Waals surface area contributed by atoms with E-state index in [1.54, 1.807) is 0 Å². The number of anilines is 1. The molecule has 0 spiro atoms. The highest BCUT2D eigenvalue weighted by Crippen LogP contribution is 2.21. The van der Waals surface area contributed by atoms with Crippen LogP contribution in [0.15, 0.2) is 17.1 Å². The van der Waals surface area contributed by atoms with Crippen LogP contribution < -0.4 is 11.4 Å². The van der Waals surface area contributed by atoms with Crippen molar-refractivity contribution in [1.82, 2.24) is 9.55 Å². The van der Waals surface area contributed by atoms with Gasteiger partial charge in [0, 0.05) is 6.20 Å². The smallest absolute Gasteiger partial charge is 0.349 e. The van der Waals surface area contributed by atoms with Crippen LogP contribution in [-0.4, -0.2) is 70.6 Å². The van der Waals surface area contributed by atoms with Gasteiger partial charge in [0.25, 0.3) is 0 Å². The maximum absolute atomic E-state index is 11.5. The lowest BCUT2D eigenvalue weighted by molar-refractivity contribution is -0.0269. The normalized spacial score (nSPS) is 27.6. The first kappa shape index (κ1) is 18.9. The summed E-state index contributed by atoms with van der Waals surface area (Å²) >= 11 is 0. The third-order valence-electron chi connectivity index (χ3n) is 2.91. The summed E-state index contributed by atoms with van der Waals surface area (Å²) in [5.74, 6) is 0.109. The lowest BCUT2D eigenvalue weighted by Crippen LogP contribution is -2.37. The Hall–Kier alpha value is -1.17. The van der Waals surface area contributed by atoms with Gasteiger partial charge in [-0.3, -0.25) is 4.57 Å². The van der Waals surface area contributed by atoms with Gasteiger partial charge in [0.1, 0.15) is 30.2 Å². The highest BCUT2D eigenvalue weighted by atomic mass is 31.2. The summed E-state index contributed by atoms with van der Waals surface area (Å²) in [6.07, 6.45) is -2.52. The van der Waals surface area contributed by atoms with Gasteiger partial charge >= 0.3 is 14.3 Å². The zero-order valence-corrected chi connectivity index (χ0v) is 12.2. The Bertz CT molecular complexity index is 524. The minimum absolute atomic E-state index is 0.0286. The first-order chi connectivity index (χ1) is 10.3. The minimum Gasteiger partial charge on any atom is -0.394 e. The lowest BCUT2D eigenvalue weighted by Gasteiger charge is -2.15. The molecule has 0 unspecified atom stereocenters. The molecule has 11 nitrogen and oxygen atoms in total. The molecule has 2 heterocycles. The molecule has 22 heavy (non-hydrogen) atoms. The molecule has 0 radical (unpaired) electrons. The highest BCUT2D eigenvalue weighted by Gasteiger charge is 2.42. The van der Waals surface area contributed by atoms with Gasteiger partial charge in [0.15, 0.2) is 0 Å². The van der Waals surface area contributed by atoms with Gasteiger partial charge in [-0.1, -0.05) is 0 Å². The zero-order valence-electron chi connectivity index (χ0n) is 11.3. The van der Waals surface area contributed by atoms with Crippen molar-refractivity contribution < 1.29 is 34.7 Å². The largest absolute Gasteiger partial charge is 0.394 e. The van der Waals surface area contributed by atoms with Crippen molar-refractivity contribution >= 4 is 14.4 Å². The second-order valence-electron chi connectivity index (χ2n) is 4.43. The third-order valence-corrected chi connectivity index (χ3v) is 2.91. The van der Waals surface area contributed by atoms with Gasteiger partial charge in [-0.05, 0) is 6.07 Å². The number of nitrogen functional groups attached to an aromatic ring is 1. The maximum Gasteiger partial charge on any atom is 0.349 e. The van der Waals surface area contributed by atoms with Crippen molar-refractivity contribution in [1.29, 1.82) is 0 Å². The molecule has 8 N–H and O–H groups in total. The molecule has 1 aliphatic rings. The number of aliphatic hydroxyl groups excluding tert-OH is 3. The molecule has 1 saturated heterocycles. The minimum atomic E-state index is -2.62. The van der Waals surface area contributed by atoms with Crippen LogP contribution >= 0.6 is 8.60 Å². The monoisotopic (exact) mass is 339 g/mol. The predicted molar refractivity (Wildman–Crippen MR) is 74.2 cm³/mol. The highest BCUT2D eigenvalue weighted by molar-refractivity contribution is 7.38. The van der Waals surface area contributed by atoms with Crippen molar-refractivity contribution in [3.8, 4) is 0 Å². The molecule has 12 heteroatoms. The quantitative estimate of drug-likeness (QED) is 0.272. The number of rotatable bonds is 3. The molecule has 0 saturated carbocycles. The number of ether oxygens (including phenoxy) is 1. The molecular formula is C10H18N3O8P. The number of nitrogens with zero attached hydrogens (tertiary/aromatic N) is 2. The van der Waals surface area contributed by atoms with E-state index in [0.717, 1.165) is 0 Å². The summed E-state index contributed by atoms with van der Waals surface area (Å²) < 4.78 is 6.47. The average molecular weight is 339 g/mol. The van der Waals surface area contributed by atoms with Crippen molar-refractivity contribution in [2.24, 2.45) is 0 Å². The first-order valence-corrected chi connectivity index (χ1v) is 7.28. The van der Waals surface area contributed by atoms with Gasteiger partial charge in [-0.15, -0.1) is 0 Å². The van der Waals surface area contributed by atoms with Crippen molar-refractivity contribution in [3.05, 3.63) is 22.7 Å². The third kappa shape index (κ3) is 5.23. The fraction of sp³-hybridized carbons (Fsp3) is 0.600. The fourth-order valence-electron chi connectivity index (χ4n) is 1.90. The molecule has 2 rings (SSSR count). The van der Waals surface area contributed by atoms with E-state index in [1.165, 1.54) is 16.8 Å². The van der Waals surface area contributed by atoms with Gasteiger partial charge in [0.2, 0.25) is 0 Å². The van der Waals surface area contributed by atoms with Crippen LogP contribution in [0, 0.1) is 0 Å². The maximum atomic E-state index is 11.5. The Kier molecular flexibility index (Phi) is 7.26. The molecule has 0 bridgehead atoms. The van der Waals surface area contributed by atoms with Crippen molar-refractivity contribution in [2.45, 2.75) is 31.0 Å². The van der Waals surface area contributed by atoms with E-state index in [0.29, 0.717) is 0 Å². The van der Waals surface area contributed by atoms with E-state index in [2.05, 4.69) is 4.98 Å². The SMILES string of the molecule is Nc1ccn(C[C@@H]2O[C@H](CO)[C@@H](O)[C@H]2O)c(=O)n1.OP(O)O. The molecule has 1 aromatic heterocycles. The summed E-state index contributed by atoms with van der Waals surface area (Å²) in [5.41, 5.74) is 4.79. The Labute approximate surface area is 125 Å². The van der Waals surface area contributed by atoms with Crippen LogP contribution in [0.4, 0.5) is 5.82 Å². The molecule has 126 valence electrons. The Morgan fingerprint density at radius 3 is 2.27 bits per heavy atom. The second kappa shape index (κ2) is 8.46. The molecular weight excluding hydrogens is 321 g/mol. The van der Waals surface area contributed by atoms with Crippen LogP contribution in [-0.2, 0) is 11.3 Å². The molecule has 1 aliphatic heterocycles. The number of nitrogens with two attached hydrogens (primary N) is 1. The van der Waals surface area contributed by atoms with Crippen molar-refractivity contribution in [3.63, 3.8) is 0 Å². The van der Waals surface area contributed by atoms with Crippen molar-refractivity contribution in [2.75, 3.05) is 12.3 Å². The summed E-state index contributed by atoms with van der Waals surface area (Å²) in [7, 11) is -2.62. The second-order valence-corrected chi connectivity index (χ2v) is 4.97. The van der Waals surface area contributed by atoms with E-state index in [4.69, 9.17) is 30.3 Å². The summed E-state index contributed by atoms with van der Waals surface area (Å²) in [6.45, 7) is -0.371. The van der Waals surface area contributed by atoms with Crippen LogP contribution in [0.2, 0.25) is 0 Å². The molecule has 0 aromatic carbocycles. The fourth-order valence-corrected chi connectivity index (χ4v) is 1.90. The number of aromatic nitrogens is 2. The molecule has 0 amide bonds. The molecule has 0 aliphatic carbocycles. The summed E-state index contributed by atoms with van der Waals surface area (Å²) in [4.78, 5) is 36.7. The molecule has 4 atom stereocenters. The Morgan fingerprint density at radius 1 is 1.27 bits per heavy atom. The lowest BCUT2D eigenvalue weighted by atomic mass is 10.1. The van der Waals surface area contributed by atoms with E-state index in [-0.39, 0.29) is 12.4 Å². The van der Waals surface area contributed by atoms with E-state index < -0.39 is 45.3 Å². The zero-order chi connectivity index (χ0) is 16.9. The summed E-state index contributed by atoms with van der Waals surface area (Å²) in [5, 5.41) is 28.2. The molecule has 1 fully saturated rings. The number of aliphatic hydroxyl groups is 3. The van der Waals surface area contributed by atoms with Gasteiger partial charge in [0.05, 0.1) is 13.2 Å². The average Bonchev–Trinajstić information content (AvgIpc) is 2.69. The summed E-state index contributed by atoms with van der Waals surface area (Å²) in [6, 6.07) is 1.45. The Balaban J connectivity index is 0.000000541. The Morgan fingerprint density at radius 2 is 1.82 bits per heavy atom.